The van der Waals surface area contributed by atoms with Crippen LogP contribution in [0.5, 0.6) is 5.75 Å². The molecule has 3 aromatic carbocycles. The number of hydrogen-bond acceptors (Lipinski definition) is 4. The highest BCUT2D eigenvalue weighted by atomic mass is 16.5. The lowest BCUT2D eigenvalue weighted by Crippen LogP contribution is -2.21. The largest absolute Gasteiger partial charge is 0.493 e. The number of hydrogen-bond donors (Lipinski definition) is 2. The number of carbonyl (C=O) groups is 1. The van der Waals surface area contributed by atoms with Crippen LogP contribution < -0.4 is 10.2 Å². The van der Waals surface area contributed by atoms with Crippen molar-refractivity contribution in [1.29, 1.82) is 0 Å². The Morgan fingerprint density at radius 1 is 0.963 bits per heavy atom. The van der Waals surface area contributed by atoms with Crippen LogP contribution in [-0.2, 0) is 6.42 Å². The van der Waals surface area contributed by atoms with Gasteiger partial charge >= 0.3 is 0 Å². The van der Waals surface area contributed by atoms with Gasteiger partial charge in [0.25, 0.3) is 0 Å². The van der Waals surface area contributed by atoms with Gasteiger partial charge in [-0.05, 0) is 29.8 Å². The lowest BCUT2D eigenvalue weighted by atomic mass is 10.1. The summed E-state index contributed by atoms with van der Waals surface area (Å²) in [6, 6.07) is 24.3. The van der Waals surface area contributed by atoms with Crippen molar-refractivity contribution in [1.82, 2.24) is 5.48 Å². The van der Waals surface area contributed by atoms with Crippen LogP contribution in [0.1, 0.15) is 21.5 Å². The lowest BCUT2D eigenvalue weighted by molar-refractivity contribution is 0.112. The van der Waals surface area contributed by atoms with E-state index in [4.69, 9.17) is 4.74 Å². The minimum Gasteiger partial charge on any atom is -0.493 e. The van der Waals surface area contributed by atoms with Gasteiger partial charge in [0.15, 0.2) is 12.1 Å². The predicted octanol–water partition coefficient (Wildman–Crippen LogP) is 4.18. The SMILES string of the molecule is O=Cc1ccccc1C(=Nc1ccc(OCCc2ccccc2)cc1)NO. The van der Waals surface area contributed by atoms with E-state index >= 15 is 0 Å². The van der Waals surface area contributed by atoms with E-state index in [9.17, 15) is 10.0 Å². The van der Waals surface area contributed by atoms with E-state index in [1.807, 2.05) is 30.3 Å². The average Bonchev–Trinajstić information content (AvgIpc) is 2.74. The fourth-order valence-corrected chi connectivity index (χ4v) is 2.64. The summed E-state index contributed by atoms with van der Waals surface area (Å²) in [5, 5.41) is 9.42. The van der Waals surface area contributed by atoms with Gasteiger partial charge in [0.05, 0.1) is 12.3 Å². The molecule has 0 aliphatic carbocycles. The molecule has 5 nitrogen and oxygen atoms in total. The second-order valence-corrected chi connectivity index (χ2v) is 5.86. The molecule has 5 heteroatoms. The maximum Gasteiger partial charge on any atom is 0.158 e. The Kier molecular flexibility index (Phi) is 6.33. The molecule has 0 atom stereocenters. The number of carbonyl (C=O) groups excluding carboxylic acids is 1. The molecule has 0 bridgehead atoms. The first kappa shape index (κ1) is 18.4. The van der Waals surface area contributed by atoms with E-state index in [0.717, 1.165) is 18.5 Å². The number of aldehydes is 1. The van der Waals surface area contributed by atoms with E-state index in [0.29, 0.717) is 23.4 Å². The zero-order chi connectivity index (χ0) is 18.9. The fraction of sp³-hybridized carbons (Fsp3) is 0.0909. The van der Waals surface area contributed by atoms with Crippen LogP contribution in [0.15, 0.2) is 83.9 Å². The van der Waals surface area contributed by atoms with Crippen LogP contribution >= 0.6 is 0 Å². The Labute approximate surface area is 157 Å². The molecule has 0 spiro atoms. The number of benzene rings is 3. The molecule has 136 valence electrons. The van der Waals surface area contributed by atoms with Crippen LogP contribution in [0.3, 0.4) is 0 Å². The van der Waals surface area contributed by atoms with Crippen molar-refractivity contribution in [2.24, 2.45) is 4.99 Å². The van der Waals surface area contributed by atoms with Crippen molar-refractivity contribution in [2.75, 3.05) is 6.61 Å². The molecule has 0 aliphatic heterocycles. The molecule has 0 unspecified atom stereocenters. The van der Waals surface area contributed by atoms with Crippen molar-refractivity contribution in [2.45, 2.75) is 6.42 Å². The minimum absolute atomic E-state index is 0.204. The van der Waals surface area contributed by atoms with E-state index in [1.54, 1.807) is 36.4 Å². The third kappa shape index (κ3) is 5.03. The number of hydroxylamine groups is 1. The van der Waals surface area contributed by atoms with E-state index in [2.05, 4.69) is 22.6 Å². The molecule has 0 saturated heterocycles. The van der Waals surface area contributed by atoms with Crippen molar-refractivity contribution in [3.63, 3.8) is 0 Å². The van der Waals surface area contributed by atoms with Crippen molar-refractivity contribution in [3.05, 3.63) is 95.6 Å². The van der Waals surface area contributed by atoms with Crippen molar-refractivity contribution < 1.29 is 14.7 Å². The number of ether oxygens (including phenoxy) is 1. The summed E-state index contributed by atoms with van der Waals surface area (Å²) in [7, 11) is 0. The van der Waals surface area contributed by atoms with Gasteiger partial charge in [0.2, 0.25) is 0 Å². The smallest absolute Gasteiger partial charge is 0.158 e. The van der Waals surface area contributed by atoms with Gasteiger partial charge < -0.3 is 4.74 Å². The number of nitrogens with one attached hydrogen (secondary N) is 1. The van der Waals surface area contributed by atoms with Gasteiger partial charge in [-0.15, -0.1) is 0 Å². The monoisotopic (exact) mass is 360 g/mol. The normalized spacial score (nSPS) is 11.1. The highest BCUT2D eigenvalue weighted by molar-refractivity contribution is 6.05. The molecule has 3 rings (SSSR count). The third-order valence-corrected chi connectivity index (χ3v) is 4.03. The van der Waals surface area contributed by atoms with Gasteiger partial charge in [-0.2, -0.15) is 0 Å². The van der Waals surface area contributed by atoms with Gasteiger partial charge in [0.1, 0.15) is 5.75 Å². The number of amidine groups is 1. The van der Waals surface area contributed by atoms with Gasteiger partial charge in [0, 0.05) is 17.5 Å². The topological polar surface area (TPSA) is 70.9 Å². The second kappa shape index (κ2) is 9.31. The quantitative estimate of drug-likeness (QED) is 0.287. The molecule has 0 aliphatic rings. The van der Waals surface area contributed by atoms with Gasteiger partial charge in [-0.1, -0.05) is 54.6 Å². The number of rotatable bonds is 7. The maximum atomic E-state index is 11.2. The van der Waals surface area contributed by atoms with Crippen LogP contribution in [0.25, 0.3) is 0 Å². The summed E-state index contributed by atoms with van der Waals surface area (Å²) in [6.07, 6.45) is 1.56. The second-order valence-electron chi connectivity index (χ2n) is 5.86. The maximum absolute atomic E-state index is 11.2. The van der Waals surface area contributed by atoms with E-state index in [-0.39, 0.29) is 5.84 Å². The van der Waals surface area contributed by atoms with Crippen LogP contribution in [0.2, 0.25) is 0 Å². The first-order valence-corrected chi connectivity index (χ1v) is 8.60. The van der Waals surface area contributed by atoms with Gasteiger partial charge in [-0.25, -0.2) is 4.99 Å². The van der Waals surface area contributed by atoms with Gasteiger partial charge in [-0.3, -0.25) is 15.5 Å². The van der Waals surface area contributed by atoms with Crippen LogP contribution in [-0.4, -0.2) is 23.9 Å². The van der Waals surface area contributed by atoms with Crippen molar-refractivity contribution in [3.8, 4) is 5.75 Å². The summed E-state index contributed by atoms with van der Waals surface area (Å²) < 4.78 is 5.76. The summed E-state index contributed by atoms with van der Waals surface area (Å²) in [5.41, 5.74) is 4.89. The highest BCUT2D eigenvalue weighted by Gasteiger charge is 2.08. The predicted molar refractivity (Wildman–Crippen MR) is 105 cm³/mol. The summed E-state index contributed by atoms with van der Waals surface area (Å²) in [4.78, 5) is 15.5. The molecule has 2 N–H and O–H groups in total. The summed E-state index contributed by atoms with van der Waals surface area (Å²) in [6.45, 7) is 0.586. The molecule has 0 heterocycles. The molecular weight excluding hydrogens is 340 g/mol. The molecule has 0 radical (unpaired) electrons. The zero-order valence-electron chi connectivity index (χ0n) is 14.7. The minimum atomic E-state index is 0.204. The Morgan fingerprint density at radius 2 is 1.67 bits per heavy atom. The van der Waals surface area contributed by atoms with Crippen LogP contribution in [0.4, 0.5) is 5.69 Å². The standard InChI is InChI=1S/C22H20N2O3/c25-16-18-8-4-5-9-21(18)22(24-26)23-19-10-12-20(13-11-19)27-15-14-17-6-2-1-3-7-17/h1-13,16,26H,14-15H2,(H,23,24). The fourth-order valence-electron chi connectivity index (χ4n) is 2.64. The lowest BCUT2D eigenvalue weighted by Gasteiger charge is -2.09. The Balaban J connectivity index is 1.67. The average molecular weight is 360 g/mol. The molecule has 0 saturated carbocycles. The Morgan fingerprint density at radius 3 is 2.37 bits per heavy atom. The number of nitrogens with zero attached hydrogens (tertiary/aromatic N) is 1. The van der Waals surface area contributed by atoms with Crippen molar-refractivity contribution >= 4 is 17.8 Å². The molecule has 0 amide bonds. The first-order valence-electron chi connectivity index (χ1n) is 8.60. The van der Waals surface area contributed by atoms with Crippen LogP contribution in [0, 0.1) is 0 Å². The van der Waals surface area contributed by atoms with E-state index in [1.165, 1.54) is 5.56 Å². The molecule has 3 aromatic rings. The first-order chi connectivity index (χ1) is 13.3. The molecular formula is C22H20N2O3. The van der Waals surface area contributed by atoms with E-state index < -0.39 is 0 Å². The Bertz CT molecular complexity index is 906. The number of aliphatic imine (C=N–C) groups is 1. The highest BCUT2D eigenvalue weighted by Crippen LogP contribution is 2.20. The molecule has 0 fully saturated rings. The molecule has 0 aromatic heterocycles. The molecule has 27 heavy (non-hydrogen) atoms. The Hall–Kier alpha value is -3.44. The summed E-state index contributed by atoms with van der Waals surface area (Å²) >= 11 is 0. The third-order valence-electron chi connectivity index (χ3n) is 4.03. The summed E-state index contributed by atoms with van der Waals surface area (Å²) in [5.74, 6) is 0.951. The zero-order valence-corrected chi connectivity index (χ0v) is 14.7.